The number of likely N-dealkylation sites (tertiary alicyclic amines) is 1. The maximum Gasteiger partial charge on any atom is 0.255 e. The van der Waals surface area contributed by atoms with Crippen molar-refractivity contribution in [1.82, 2.24) is 9.88 Å². The molecule has 1 amide bonds. The Morgan fingerprint density at radius 2 is 1.58 bits per heavy atom. The summed E-state index contributed by atoms with van der Waals surface area (Å²) in [6.45, 7) is 2.97. The van der Waals surface area contributed by atoms with E-state index in [1.165, 1.54) is 11.1 Å². The van der Waals surface area contributed by atoms with Gasteiger partial charge in [-0.15, -0.1) is 0 Å². The van der Waals surface area contributed by atoms with E-state index in [1.807, 2.05) is 66.7 Å². The third-order valence-electron chi connectivity index (χ3n) is 7.60. The highest BCUT2D eigenvalue weighted by Crippen LogP contribution is 2.35. The third-order valence-corrected chi connectivity index (χ3v) is 7.60. The molecule has 0 atom stereocenters. The smallest absolute Gasteiger partial charge is 0.255 e. The number of piperidine rings is 1. The van der Waals surface area contributed by atoms with Crippen LogP contribution in [0, 0.1) is 0 Å². The van der Waals surface area contributed by atoms with Crippen LogP contribution in [0.1, 0.15) is 40.2 Å². The number of amides is 1. The molecule has 1 aromatic heterocycles. The van der Waals surface area contributed by atoms with Gasteiger partial charge in [-0.2, -0.15) is 0 Å². The number of fused-ring (bicyclic) bond motifs is 1. The number of H-pyrrole nitrogens is 1. The van der Waals surface area contributed by atoms with Crippen molar-refractivity contribution in [3.63, 3.8) is 0 Å². The van der Waals surface area contributed by atoms with Crippen LogP contribution in [-0.4, -0.2) is 34.0 Å². The molecule has 0 saturated carbocycles. The Labute approximate surface area is 222 Å². The molecule has 6 rings (SSSR count). The fraction of sp³-hybridized carbons (Fsp3) is 0.182. The van der Waals surface area contributed by atoms with Gasteiger partial charge >= 0.3 is 0 Å². The molecule has 5 nitrogen and oxygen atoms in total. The Kier molecular flexibility index (Phi) is 6.67. The minimum atomic E-state index is -0.106. The molecule has 1 aliphatic rings. The summed E-state index contributed by atoms with van der Waals surface area (Å²) in [5.74, 6) is 0.711. The first kappa shape index (κ1) is 24.0. The average Bonchev–Trinajstić information content (AvgIpc) is 3.38. The second kappa shape index (κ2) is 10.6. The van der Waals surface area contributed by atoms with E-state index in [4.69, 9.17) is 0 Å². The molecule has 4 aromatic carbocycles. The SMILES string of the molecule is O=C(Nc1ccc(CN2CCC(c3c[nH]c4ccc(O)cc34)CC2)cc1)c1ccc(-c2ccccc2)cc1. The largest absolute Gasteiger partial charge is 0.508 e. The van der Waals surface area contributed by atoms with E-state index >= 15 is 0 Å². The van der Waals surface area contributed by atoms with Crippen molar-refractivity contribution in [2.75, 3.05) is 18.4 Å². The Morgan fingerprint density at radius 3 is 2.32 bits per heavy atom. The molecule has 0 aliphatic carbocycles. The zero-order valence-corrected chi connectivity index (χ0v) is 21.2. The van der Waals surface area contributed by atoms with Gasteiger partial charge in [0.25, 0.3) is 5.91 Å². The van der Waals surface area contributed by atoms with Crippen molar-refractivity contribution in [2.24, 2.45) is 0 Å². The summed E-state index contributed by atoms with van der Waals surface area (Å²) in [5.41, 5.74) is 7.30. The van der Waals surface area contributed by atoms with Crippen LogP contribution in [0.15, 0.2) is 103 Å². The van der Waals surface area contributed by atoms with Crippen LogP contribution in [0.4, 0.5) is 5.69 Å². The molecular formula is C33H31N3O2. The highest BCUT2D eigenvalue weighted by atomic mass is 16.3. The summed E-state index contributed by atoms with van der Waals surface area (Å²) in [6.07, 6.45) is 4.30. The number of hydrogen-bond donors (Lipinski definition) is 3. The Hall–Kier alpha value is -4.35. The number of aromatic hydroxyl groups is 1. The van der Waals surface area contributed by atoms with Crippen molar-refractivity contribution in [3.8, 4) is 16.9 Å². The van der Waals surface area contributed by atoms with E-state index in [1.54, 1.807) is 6.07 Å². The molecule has 2 heterocycles. The van der Waals surface area contributed by atoms with E-state index < -0.39 is 0 Å². The van der Waals surface area contributed by atoms with Crippen molar-refractivity contribution in [3.05, 3.63) is 120 Å². The van der Waals surface area contributed by atoms with Gasteiger partial charge in [-0.05, 0) is 96.6 Å². The quantitative estimate of drug-likeness (QED) is 0.231. The van der Waals surface area contributed by atoms with Gasteiger partial charge in [0.1, 0.15) is 5.75 Å². The lowest BCUT2D eigenvalue weighted by Gasteiger charge is -2.32. The van der Waals surface area contributed by atoms with Crippen LogP contribution in [0.3, 0.4) is 0 Å². The van der Waals surface area contributed by atoms with Crippen molar-refractivity contribution in [2.45, 2.75) is 25.3 Å². The predicted molar refractivity (Wildman–Crippen MR) is 153 cm³/mol. The summed E-state index contributed by atoms with van der Waals surface area (Å²) < 4.78 is 0. The summed E-state index contributed by atoms with van der Waals surface area (Å²) in [6, 6.07) is 31.6. The second-order valence-corrected chi connectivity index (χ2v) is 10.1. The first-order valence-corrected chi connectivity index (χ1v) is 13.2. The Morgan fingerprint density at radius 1 is 0.868 bits per heavy atom. The van der Waals surface area contributed by atoms with Crippen molar-refractivity contribution >= 4 is 22.5 Å². The van der Waals surface area contributed by atoms with Gasteiger partial charge in [-0.1, -0.05) is 54.6 Å². The van der Waals surface area contributed by atoms with E-state index in [0.29, 0.717) is 17.2 Å². The lowest BCUT2D eigenvalue weighted by Crippen LogP contribution is -2.32. The van der Waals surface area contributed by atoms with Gasteiger partial charge in [0.05, 0.1) is 0 Å². The predicted octanol–water partition coefficient (Wildman–Crippen LogP) is 7.17. The minimum Gasteiger partial charge on any atom is -0.508 e. The maximum atomic E-state index is 12.8. The first-order chi connectivity index (χ1) is 18.6. The first-order valence-electron chi connectivity index (χ1n) is 13.2. The number of carbonyl (C=O) groups excluding carboxylic acids is 1. The Balaban J connectivity index is 1.02. The normalized spacial score (nSPS) is 14.5. The fourth-order valence-electron chi connectivity index (χ4n) is 5.47. The van der Waals surface area contributed by atoms with Gasteiger partial charge in [-0.3, -0.25) is 9.69 Å². The van der Waals surface area contributed by atoms with Gasteiger partial charge in [0.15, 0.2) is 0 Å². The monoisotopic (exact) mass is 501 g/mol. The number of aromatic amines is 1. The number of nitrogens with zero attached hydrogens (tertiary/aromatic N) is 1. The van der Waals surface area contributed by atoms with Crippen LogP contribution >= 0.6 is 0 Å². The summed E-state index contributed by atoms with van der Waals surface area (Å²) in [5, 5.41) is 14.1. The topological polar surface area (TPSA) is 68.4 Å². The summed E-state index contributed by atoms with van der Waals surface area (Å²) >= 11 is 0. The van der Waals surface area contributed by atoms with Crippen molar-refractivity contribution < 1.29 is 9.90 Å². The minimum absolute atomic E-state index is 0.106. The lowest BCUT2D eigenvalue weighted by atomic mass is 9.89. The number of rotatable bonds is 6. The number of aromatic nitrogens is 1. The molecule has 0 spiro atoms. The molecule has 0 radical (unpaired) electrons. The van der Waals surface area contributed by atoms with E-state index in [0.717, 1.165) is 60.2 Å². The van der Waals surface area contributed by atoms with Crippen LogP contribution in [-0.2, 0) is 6.54 Å². The number of carbonyl (C=O) groups is 1. The van der Waals surface area contributed by atoms with Crippen molar-refractivity contribution in [1.29, 1.82) is 0 Å². The molecule has 3 N–H and O–H groups in total. The van der Waals surface area contributed by atoms with E-state index in [9.17, 15) is 9.90 Å². The fourth-order valence-corrected chi connectivity index (χ4v) is 5.47. The van der Waals surface area contributed by atoms with Gasteiger partial charge in [0.2, 0.25) is 0 Å². The lowest BCUT2D eigenvalue weighted by molar-refractivity contribution is 0.102. The van der Waals surface area contributed by atoms with E-state index in [-0.39, 0.29) is 5.91 Å². The number of nitrogens with one attached hydrogen (secondary N) is 2. The van der Waals surface area contributed by atoms with Crippen LogP contribution in [0.25, 0.3) is 22.0 Å². The van der Waals surface area contributed by atoms with Crippen LogP contribution in [0.2, 0.25) is 0 Å². The van der Waals surface area contributed by atoms with Gasteiger partial charge in [-0.25, -0.2) is 0 Å². The summed E-state index contributed by atoms with van der Waals surface area (Å²) in [4.78, 5) is 18.6. The highest BCUT2D eigenvalue weighted by Gasteiger charge is 2.23. The maximum absolute atomic E-state index is 12.8. The Bertz CT molecular complexity index is 1530. The molecule has 5 heteroatoms. The number of phenols is 1. The molecule has 1 saturated heterocycles. The number of phenolic OH excluding ortho intramolecular Hbond substituents is 1. The van der Waals surface area contributed by atoms with Gasteiger partial charge < -0.3 is 15.4 Å². The number of hydrogen-bond acceptors (Lipinski definition) is 3. The van der Waals surface area contributed by atoms with Crippen LogP contribution in [0.5, 0.6) is 5.75 Å². The highest BCUT2D eigenvalue weighted by molar-refractivity contribution is 6.04. The molecule has 0 unspecified atom stereocenters. The molecular weight excluding hydrogens is 470 g/mol. The van der Waals surface area contributed by atoms with E-state index in [2.05, 4.69) is 45.7 Å². The second-order valence-electron chi connectivity index (χ2n) is 10.1. The molecule has 38 heavy (non-hydrogen) atoms. The molecule has 5 aromatic rings. The number of anilines is 1. The average molecular weight is 502 g/mol. The molecule has 190 valence electrons. The molecule has 0 bridgehead atoms. The molecule has 1 fully saturated rings. The number of benzene rings is 4. The van der Waals surface area contributed by atoms with Crippen LogP contribution < -0.4 is 5.32 Å². The molecule has 1 aliphatic heterocycles. The zero-order valence-electron chi connectivity index (χ0n) is 21.2. The zero-order chi connectivity index (χ0) is 25.9. The van der Waals surface area contributed by atoms with Gasteiger partial charge in [0, 0.05) is 34.9 Å². The standard InChI is InChI=1S/C33H31N3O2/c37-29-14-15-32-30(20-29)31(21-34-32)26-16-18-36(19-17-26)22-23-6-12-28(13-7-23)35-33(38)27-10-8-25(9-11-27)24-4-2-1-3-5-24/h1-15,20-21,26,34,37H,16-19,22H2,(H,35,38). The third kappa shape index (κ3) is 5.20. The summed E-state index contributed by atoms with van der Waals surface area (Å²) in [7, 11) is 0.